The second kappa shape index (κ2) is 9.58. The van der Waals surface area contributed by atoms with Crippen LogP contribution in [0.1, 0.15) is 6.23 Å². The highest BCUT2D eigenvalue weighted by Gasteiger charge is 2.41. The van der Waals surface area contributed by atoms with Crippen LogP contribution < -0.4 is 0 Å². The summed E-state index contributed by atoms with van der Waals surface area (Å²) in [6.45, 7) is -1.08. The van der Waals surface area contributed by atoms with Crippen LogP contribution in [0, 0.1) is 0 Å². The van der Waals surface area contributed by atoms with Crippen molar-refractivity contribution >= 4 is 52.9 Å². The van der Waals surface area contributed by atoms with Gasteiger partial charge in [-0.05, 0) is 0 Å². The van der Waals surface area contributed by atoms with E-state index in [9.17, 15) is 28.2 Å². The molecule has 0 saturated carbocycles. The number of phosphoric ester groups is 1. The van der Waals surface area contributed by atoms with Crippen molar-refractivity contribution in [2.75, 3.05) is 6.61 Å². The number of hydrogen-bond acceptors (Lipinski definition) is 12. The van der Waals surface area contributed by atoms with Crippen molar-refractivity contribution in [1.82, 2.24) is 23.9 Å². The molecule has 0 aromatic carbocycles. The molecule has 0 spiro atoms. The third-order valence-electron chi connectivity index (χ3n) is 3.63. The summed E-state index contributed by atoms with van der Waals surface area (Å²) in [4.78, 5) is 70.7. The predicted molar refractivity (Wildman–Crippen MR) is 102 cm³/mol. The Bertz CT molecular complexity index is 1320. The first-order chi connectivity index (χ1) is 15.3. The Morgan fingerprint density at radius 1 is 0.939 bits per heavy atom. The van der Waals surface area contributed by atoms with Crippen LogP contribution in [0.4, 0.5) is 0 Å². The number of carbonyl (C=O) groups is 2. The molecular formula is C12H14N5O13P3. The van der Waals surface area contributed by atoms with E-state index in [-0.39, 0.29) is 18.2 Å². The Hall–Kier alpha value is -2.20. The van der Waals surface area contributed by atoms with Crippen LogP contribution in [0.2, 0.25) is 0 Å². The SMILES string of the molecule is O=C[C@@H](COP(=O)(O)OP(=O)(O)OP(=O)(O)O)O[C@H](C=O)n1cnc2c1ncn1ccnc21. The van der Waals surface area contributed by atoms with Gasteiger partial charge in [-0.3, -0.25) is 18.3 Å². The van der Waals surface area contributed by atoms with E-state index in [1.54, 1.807) is 10.6 Å². The lowest BCUT2D eigenvalue weighted by molar-refractivity contribution is -0.139. The van der Waals surface area contributed by atoms with Gasteiger partial charge in [-0.15, -0.1) is 0 Å². The molecule has 0 bridgehead atoms. The van der Waals surface area contributed by atoms with Crippen LogP contribution >= 0.6 is 23.5 Å². The van der Waals surface area contributed by atoms with Crippen LogP contribution in [0.3, 0.4) is 0 Å². The molecule has 2 unspecified atom stereocenters. The van der Waals surface area contributed by atoms with Crippen LogP contribution in [-0.2, 0) is 41.2 Å². The van der Waals surface area contributed by atoms with Crippen molar-refractivity contribution in [2.45, 2.75) is 12.3 Å². The third-order valence-corrected chi connectivity index (χ3v) is 7.43. The maximum Gasteiger partial charge on any atom is 0.490 e. The minimum absolute atomic E-state index is 0.0839. The average Bonchev–Trinajstić information content (AvgIpc) is 3.31. The van der Waals surface area contributed by atoms with Gasteiger partial charge < -0.3 is 29.1 Å². The Morgan fingerprint density at radius 2 is 1.67 bits per heavy atom. The summed E-state index contributed by atoms with van der Waals surface area (Å²) in [6.07, 6.45) is 2.80. The van der Waals surface area contributed by atoms with Gasteiger partial charge in [0, 0.05) is 12.4 Å². The molecule has 21 heteroatoms. The van der Waals surface area contributed by atoms with Crippen molar-refractivity contribution < 1.29 is 60.7 Å². The first-order valence-corrected chi connectivity index (χ1v) is 12.8. The van der Waals surface area contributed by atoms with Crippen LogP contribution in [0.25, 0.3) is 16.8 Å². The first kappa shape index (κ1) is 25.4. The molecule has 33 heavy (non-hydrogen) atoms. The lowest BCUT2D eigenvalue weighted by Gasteiger charge is -2.20. The molecule has 4 N–H and O–H groups in total. The number of phosphoric acid groups is 3. The van der Waals surface area contributed by atoms with Crippen LogP contribution in [-0.4, -0.2) is 68.8 Å². The Labute approximate surface area is 182 Å². The Kier molecular flexibility index (Phi) is 7.38. The minimum atomic E-state index is -5.73. The van der Waals surface area contributed by atoms with Crippen molar-refractivity contribution in [1.29, 1.82) is 0 Å². The minimum Gasteiger partial charge on any atom is -0.338 e. The fraction of sp³-hybridized carbons (Fsp3) is 0.250. The molecule has 18 nitrogen and oxygen atoms in total. The Morgan fingerprint density at radius 3 is 2.30 bits per heavy atom. The standard InChI is InChI=1S/C12H14N5O13P3/c18-3-8(5-27-32(23,24)30-33(25,26)29-31(20,21)22)28-9(4-19)17-7-14-10-11-13-1-2-16(11)6-15-12(10)17/h1-4,6-9H,5H2,(H,23,24)(H,25,26)(H2,20,21,22)/t8-,9+/m0/s1. The summed E-state index contributed by atoms with van der Waals surface area (Å²) >= 11 is 0. The molecule has 0 fully saturated rings. The molecule has 3 aromatic heterocycles. The molecule has 0 aliphatic rings. The molecule has 3 aromatic rings. The summed E-state index contributed by atoms with van der Waals surface area (Å²) in [5, 5.41) is 0. The van der Waals surface area contributed by atoms with Gasteiger partial charge >= 0.3 is 23.5 Å². The van der Waals surface area contributed by atoms with Gasteiger partial charge in [-0.1, -0.05) is 0 Å². The van der Waals surface area contributed by atoms with Gasteiger partial charge in [0.1, 0.15) is 12.4 Å². The number of ether oxygens (including phenoxy) is 1. The van der Waals surface area contributed by atoms with E-state index < -0.39 is 42.4 Å². The second-order valence-corrected chi connectivity index (χ2v) is 10.4. The molecule has 3 rings (SSSR count). The van der Waals surface area contributed by atoms with E-state index in [2.05, 4.69) is 28.1 Å². The second-order valence-electron chi connectivity index (χ2n) is 5.95. The molecule has 0 saturated heterocycles. The van der Waals surface area contributed by atoms with Gasteiger partial charge in [0.15, 0.2) is 35.6 Å². The van der Waals surface area contributed by atoms with E-state index in [4.69, 9.17) is 19.4 Å². The summed E-state index contributed by atoms with van der Waals surface area (Å²) in [6, 6.07) is 0. The molecule has 3 heterocycles. The zero-order valence-electron chi connectivity index (χ0n) is 15.9. The van der Waals surface area contributed by atoms with E-state index >= 15 is 0 Å². The van der Waals surface area contributed by atoms with Gasteiger partial charge in [-0.2, -0.15) is 8.62 Å². The van der Waals surface area contributed by atoms with Gasteiger partial charge in [0.25, 0.3) is 0 Å². The van der Waals surface area contributed by atoms with Gasteiger partial charge in [0.2, 0.25) is 0 Å². The molecule has 4 atom stereocenters. The lowest BCUT2D eigenvalue weighted by Crippen LogP contribution is -2.27. The van der Waals surface area contributed by atoms with Crippen molar-refractivity contribution in [3.63, 3.8) is 0 Å². The number of aromatic nitrogens is 5. The summed E-state index contributed by atoms with van der Waals surface area (Å²) < 4.78 is 53.0. The van der Waals surface area contributed by atoms with E-state index in [1.165, 1.54) is 18.9 Å². The van der Waals surface area contributed by atoms with Crippen molar-refractivity contribution in [2.24, 2.45) is 0 Å². The third kappa shape index (κ3) is 6.44. The van der Waals surface area contributed by atoms with Crippen molar-refractivity contribution in [3.05, 3.63) is 25.0 Å². The number of hydrogen-bond donors (Lipinski definition) is 4. The molecule has 0 radical (unpaired) electrons. The highest BCUT2D eigenvalue weighted by molar-refractivity contribution is 7.66. The topological polar surface area (TPSA) is 251 Å². The van der Waals surface area contributed by atoms with Crippen LogP contribution in [0.5, 0.6) is 0 Å². The van der Waals surface area contributed by atoms with Gasteiger partial charge in [-0.25, -0.2) is 28.6 Å². The summed E-state index contributed by atoms with van der Waals surface area (Å²) in [5.74, 6) is 0. The fourth-order valence-corrected chi connectivity index (χ4v) is 5.49. The van der Waals surface area contributed by atoms with Crippen LogP contribution in [0.15, 0.2) is 25.0 Å². The highest BCUT2D eigenvalue weighted by Crippen LogP contribution is 2.66. The molecule has 180 valence electrons. The molecular weight excluding hydrogens is 515 g/mol. The lowest BCUT2D eigenvalue weighted by atomic mass is 10.4. The average molecular weight is 529 g/mol. The number of nitrogens with zero attached hydrogens (tertiary/aromatic N) is 5. The maximum atomic E-state index is 11.8. The highest BCUT2D eigenvalue weighted by atomic mass is 31.3. The van der Waals surface area contributed by atoms with Gasteiger partial charge in [0.05, 0.1) is 12.9 Å². The number of carbonyl (C=O) groups excluding carboxylic acids is 2. The quantitative estimate of drug-likeness (QED) is 0.174. The summed E-state index contributed by atoms with van der Waals surface area (Å²) in [7, 11) is -16.8. The monoisotopic (exact) mass is 529 g/mol. The van der Waals surface area contributed by atoms with Crippen molar-refractivity contribution in [3.8, 4) is 0 Å². The molecule has 0 aliphatic heterocycles. The number of fused-ring (bicyclic) bond motifs is 3. The van der Waals surface area contributed by atoms with E-state index in [0.717, 1.165) is 4.57 Å². The Balaban J connectivity index is 1.71. The normalized spacial score (nSPS) is 17.9. The molecule has 0 aliphatic carbocycles. The number of imidazole rings is 2. The number of aldehydes is 2. The fourth-order valence-electron chi connectivity index (χ4n) is 2.46. The largest absolute Gasteiger partial charge is 0.490 e. The predicted octanol–water partition coefficient (Wildman–Crippen LogP) is -0.296. The maximum absolute atomic E-state index is 11.8. The summed E-state index contributed by atoms with van der Waals surface area (Å²) in [5.41, 5.74) is 0.875. The smallest absolute Gasteiger partial charge is 0.338 e. The van der Waals surface area contributed by atoms with E-state index in [0.29, 0.717) is 11.2 Å². The zero-order valence-corrected chi connectivity index (χ0v) is 18.5. The number of rotatable bonds is 12. The molecule has 0 amide bonds. The zero-order chi connectivity index (χ0) is 24.4. The first-order valence-electron chi connectivity index (χ1n) is 8.33. The van der Waals surface area contributed by atoms with E-state index in [1.807, 2.05) is 0 Å².